The molecule has 0 aliphatic carbocycles. The third kappa shape index (κ3) is 7.17. The van der Waals surface area contributed by atoms with Crippen molar-refractivity contribution in [2.45, 2.75) is 64.1 Å². The van der Waals surface area contributed by atoms with Gasteiger partial charge in [-0.3, -0.25) is 4.79 Å². The van der Waals surface area contributed by atoms with E-state index in [9.17, 15) is 4.79 Å². The van der Waals surface area contributed by atoms with Crippen molar-refractivity contribution < 1.29 is 23.4 Å². The number of halogens is 2. The highest BCUT2D eigenvalue weighted by atomic mass is 19.1. The van der Waals surface area contributed by atoms with Crippen LogP contribution >= 0.6 is 0 Å². The van der Waals surface area contributed by atoms with Gasteiger partial charge in [0.15, 0.2) is 11.6 Å². The zero-order chi connectivity index (χ0) is 30.3. The zero-order valence-corrected chi connectivity index (χ0v) is 24.5. The van der Waals surface area contributed by atoms with Gasteiger partial charge in [-0.25, -0.2) is 8.78 Å². The van der Waals surface area contributed by atoms with Crippen molar-refractivity contribution in [2.75, 3.05) is 7.05 Å². The molecule has 2 unspecified atom stereocenters. The molecule has 2 atom stereocenters. The van der Waals surface area contributed by atoms with Crippen LogP contribution in [0.15, 0.2) is 72.7 Å². The van der Waals surface area contributed by atoms with Crippen molar-refractivity contribution in [2.24, 2.45) is 0 Å². The van der Waals surface area contributed by atoms with Gasteiger partial charge < -0.3 is 30.8 Å². The summed E-state index contributed by atoms with van der Waals surface area (Å²) in [5.41, 5.74) is 4.99. The van der Waals surface area contributed by atoms with Gasteiger partial charge in [-0.2, -0.15) is 0 Å². The normalized spacial score (nSPS) is 15.2. The highest BCUT2D eigenvalue weighted by Crippen LogP contribution is 2.37. The Bertz CT molecular complexity index is 1620. The number of aliphatic carboxylic acids is 1. The van der Waals surface area contributed by atoms with Gasteiger partial charge in [0, 0.05) is 65.1 Å². The number of carbonyl (C=O) groups is 1. The first-order chi connectivity index (χ1) is 20.8. The third-order valence-corrected chi connectivity index (χ3v) is 7.89. The van der Waals surface area contributed by atoms with Crippen LogP contribution in [0.4, 0.5) is 8.78 Å². The lowest BCUT2D eigenvalue weighted by Crippen LogP contribution is -2.25. The minimum Gasteiger partial charge on any atom is -0.481 e. The molecule has 1 aliphatic rings. The quantitative estimate of drug-likeness (QED) is 0.0979. The maximum atomic E-state index is 15.2. The molecule has 0 radical (unpaired) electrons. The van der Waals surface area contributed by atoms with Gasteiger partial charge in [-0.1, -0.05) is 49.1 Å². The molecule has 5 rings (SSSR count). The molecular weight excluding hydrogens is 550 g/mol. The number of unbranched alkanes of at least 4 members (excludes halogenated alkanes) is 3. The van der Waals surface area contributed by atoms with E-state index < -0.39 is 23.8 Å². The minimum absolute atomic E-state index is 0.0608. The fourth-order valence-electron chi connectivity index (χ4n) is 5.77. The van der Waals surface area contributed by atoms with Gasteiger partial charge in [0.25, 0.3) is 0 Å². The molecule has 43 heavy (non-hydrogen) atoms. The molecule has 5 N–H and O–H groups in total. The topological polar surface area (TPSA) is 98.4 Å². The van der Waals surface area contributed by atoms with Crippen LogP contribution in [-0.4, -0.2) is 23.1 Å². The van der Waals surface area contributed by atoms with Gasteiger partial charge in [0.1, 0.15) is 17.7 Å². The van der Waals surface area contributed by atoms with E-state index >= 15 is 8.78 Å². The fraction of sp³-hybridized carbons (Fsp3) is 0.324. The van der Waals surface area contributed by atoms with Crippen molar-refractivity contribution >= 4 is 16.9 Å². The van der Waals surface area contributed by atoms with E-state index in [1.54, 1.807) is 19.3 Å². The predicted octanol–water partition coefficient (Wildman–Crippen LogP) is 7.51. The molecule has 0 saturated heterocycles. The number of rotatable bonds is 14. The Kier molecular flexibility index (Phi) is 9.61. The second-order valence-electron chi connectivity index (χ2n) is 11.1. The number of H-pyrrole nitrogens is 1. The molecule has 226 valence electrons. The molecular formula is C34H38F2N4O3. The van der Waals surface area contributed by atoms with Gasteiger partial charge in [-0.05, 0) is 56.6 Å². The first-order valence-corrected chi connectivity index (χ1v) is 14.8. The monoisotopic (exact) mass is 588 g/mol. The number of nitrogens with one attached hydrogen (secondary N) is 4. The van der Waals surface area contributed by atoms with Gasteiger partial charge in [-0.15, -0.1) is 0 Å². The Labute approximate surface area is 250 Å². The Morgan fingerprint density at radius 1 is 1.05 bits per heavy atom. The number of aromatic amines is 1. The van der Waals surface area contributed by atoms with E-state index in [4.69, 9.17) is 9.84 Å². The van der Waals surface area contributed by atoms with E-state index in [-0.39, 0.29) is 18.1 Å². The van der Waals surface area contributed by atoms with Crippen molar-refractivity contribution in [3.63, 3.8) is 0 Å². The number of hydrogen-bond donors (Lipinski definition) is 5. The number of carboxylic acids is 1. The summed E-state index contributed by atoms with van der Waals surface area (Å²) in [5, 5.41) is 19.6. The summed E-state index contributed by atoms with van der Waals surface area (Å²) >= 11 is 0. The standard InChI is InChI=1S/C34H38F2N4O3/c1-21-8-7-9-22(16-21)24(10-5-3-4-6-11-32(41)42)31-20-39-34(40-31)26-17-23(12-13-28(26)35)43-33-27(19-37-2)25-14-15-38-30(25)18-29(33)36/h7-9,12-18,20,24,34,37-40H,3-6,10-11,19H2,1-2H3,(H,41,42). The molecule has 0 bridgehead atoms. The molecule has 0 fully saturated rings. The molecule has 3 aromatic carbocycles. The number of ether oxygens (including phenoxy) is 1. The van der Waals surface area contributed by atoms with Crippen molar-refractivity contribution in [3.8, 4) is 11.5 Å². The van der Waals surface area contributed by atoms with E-state index in [0.717, 1.165) is 47.9 Å². The lowest BCUT2D eigenvalue weighted by Gasteiger charge is -2.22. The van der Waals surface area contributed by atoms with E-state index in [0.29, 0.717) is 35.4 Å². The summed E-state index contributed by atoms with van der Waals surface area (Å²) in [4.78, 5) is 13.9. The fourth-order valence-corrected chi connectivity index (χ4v) is 5.77. The van der Waals surface area contributed by atoms with Crippen molar-refractivity contribution in [3.05, 3.63) is 107 Å². The average Bonchev–Trinajstić information content (AvgIpc) is 3.65. The highest BCUT2D eigenvalue weighted by Gasteiger charge is 2.27. The molecule has 0 saturated carbocycles. The maximum Gasteiger partial charge on any atom is 0.303 e. The Morgan fingerprint density at radius 2 is 1.88 bits per heavy atom. The van der Waals surface area contributed by atoms with Crippen LogP contribution in [0.3, 0.4) is 0 Å². The number of aryl methyl sites for hydroxylation is 1. The number of hydrogen-bond acceptors (Lipinski definition) is 5. The number of benzene rings is 3. The number of carboxylic acid groups (broad SMARTS) is 1. The lowest BCUT2D eigenvalue weighted by molar-refractivity contribution is -0.137. The molecule has 4 aromatic rings. The maximum absolute atomic E-state index is 15.2. The van der Waals surface area contributed by atoms with Gasteiger partial charge in [0.05, 0.1) is 0 Å². The summed E-state index contributed by atoms with van der Waals surface area (Å²) < 4.78 is 36.5. The van der Waals surface area contributed by atoms with Crippen molar-refractivity contribution in [1.29, 1.82) is 0 Å². The molecule has 1 aromatic heterocycles. The third-order valence-electron chi connectivity index (χ3n) is 7.89. The Hall–Kier alpha value is -4.37. The van der Waals surface area contributed by atoms with Crippen molar-refractivity contribution in [1.82, 2.24) is 20.9 Å². The summed E-state index contributed by atoms with van der Waals surface area (Å²) in [7, 11) is 1.79. The zero-order valence-electron chi connectivity index (χ0n) is 24.5. The van der Waals surface area contributed by atoms with Crippen LogP contribution in [-0.2, 0) is 11.3 Å². The van der Waals surface area contributed by atoms with Crippen LogP contribution in [0.1, 0.15) is 72.9 Å². The first-order valence-electron chi connectivity index (χ1n) is 14.8. The highest BCUT2D eigenvalue weighted by molar-refractivity contribution is 5.85. The van der Waals surface area contributed by atoms with Gasteiger partial charge in [0.2, 0.25) is 0 Å². The van der Waals surface area contributed by atoms with Crippen LogP contribution in [0.2, 0.25) is 0 Å². The van der Waals surface area contributed by atoms with E-state index in [1.807, 2.05) is 18.3 Å². The molecule has 0 spiro atoms. The average molecular weight is 589 g/mol. The number of allylic oxidation sites excluding steroid dienone is 1. The Balaban J connectivity index is 1.33. The molecule has 9 heteroatoms. The molecule has 7 nitrogen and oxygen atoms in total. The second kappa shape index (κ2) is 13.7. The predicted molar refractivity (Wildman–Crippen MR) is 164 cm³/mol. The van der Waals surface area contributed by atoms with Crippen LogP contribution in [0.25, 0.3) is 10.9 Å². The minimum atomic E-state index is -0.762. The number of aromatic nitrogens is 1. The summed E-state index contributed by atoms with van der Waals surface area (Å²) in [6.07, 6.45) is 7.60. The van der Waals surface area contributed by atoms with E-state index in [2.05, 4.69) is 46.1 Å². The second-order valence-corrected chi connectivity index (χ2v) is 11.1. The number of fused-ring (bicyclic) bond motifs is 1. The summed E-state index contributed by atoms with van der Waals surface area (Å²) in [5.74, 6) is -1.18. The van der Waals surface area contributed by atoms with Gasteiger partial charge >= 0.3 is 5.97 Å². The van der Waals surface area contributed by atoms with Crippen LogP contribution in [0.5, 0.6) is 11.5 Å². The molecule has 2 heterocycles. The largest absolute Gasteiger partial charge is 0.481 e. The molecule has 0 amide bonds. The smallest absolute Gasteiger partial charge is 0.303 e. The first kappa shape index (κ1) is 30.1. The summed E-state index contributed by atoms with van der Waals surface area (Å²) in [6.45, 7) is 2.46. The van der Waals surface area contributed by atoms with Crippen LogP contribution in [0, 0.1) is 18.6 Å². The summed E-state index contributed by atoms with van der Waals surface area (Å²) in [6, 6.07) is 16.1. The molecule has 1 aliphatic heterocycles. The lowest BCUT2D eigenvalue weighted by atomic mass is 9.89. The Morgan fingerprint density at radius 3 is 2.67 bits per heavy atom. The SMILES string of the molecule is CNCc1c(Oc2ccc(F)c(C3NC=C(C(CCCCCCC(=O)O)c4cccc(C)c4)N3)c2)c(F)cc2[nH]ccc12. The van der Waals surface area contributed by atoms with E-state index in [1.165, 1.54) is 18.2 Å². The van der Waals surface area contributed by atoms with Crippen LogP contribution < -0.4 is 20.7 Å².